The van der Waals surface area contributed by atoms with Gasteiger partial charge in [-0.25, -0.2) is 0 Å². The molecule has 2 aromatic rings. The minimum absolute atomic E-state index is 0.149. The third-order valence-electron chi connectivity index (χ3n) is 3.94. The molecule has 0 atom stereocenters. The average Bonchev–Trinajstić information content (AvgIpc) is 2.59. The van der Waals surface area contributed by atoms with E-state index >= 15 is 0 Å². The van der Waals surface area contributed by atoms with E-state index in [9.17, 15) is 5.11 Å². The van der Waals surface area contributed by atoms with Crippen LogP contribution < -0.4 is 14.2 Å². The van der Waals surface area contributed by atoms with Crippen LogP contribution >= 0.6 is 0 Å². The quantitative estimate of drug-likeness (QED) is 0.943. The van der Waals surface area contributed by atoms with Crippen molar-refractivity contribution in [3.8, 4) is 23.0 Å². The molecule has 5 heteroatoms. The molecule has 120 valence electrons. The highest BCUT2D eigenvalue weighted by molar-refractivity contribution is 6.15. The first-order chi connectivity index (χ1) is 11.2. The Morgan fingerprint density at radius 3 is 2.22 bits per heavy atom. The first kappa shape index (κ1) is 15.2. The molecular weight excluding hydrogens is 294 g/mol. The van der Waals surface area contributed by atoms with Gasteiger partial charge in [0.1, 0.15) is 11.5 Å². The molecule has 0 aromatic heterocycles. The van der Waals surface area contributed by atoms with Crippen molar-refractivity contribution in [3.63, 3.8) is 0 Å². The fourth-order valence-electron chi connectivity index (χ4n) is 2.77. The first-order valence-electron chi connectivity index (χ1n) is 7.34. The molecule has 5 nitrogen and oxygen atoms in total. The summed E-state index contributed by atoms with van der Waals surface area (Å²) >= 11 is 0. The van der Waals surface area contributed by atoms with Gasteiger partial charge in [-0.15, -0.1) is 0 Å². The topological polar surface area (TPSA) is 60.3 Å². The van der Waals surface area contributed by atoms with E-state index in [2.05, 4.69) is 4.99 Å². The van der Waals surface area contributed by atoms with Crippen LogP contribution in [0.2, 0.25) is 0 Å². The molecule has 0 fully saturated rings. The molecule has 0 bridgehead atoms. The Morgan fingerprint density at radius 1 is 0.913 bits per heavy atom. The van der Waals surface area contributed by atoms with Crippen LogP contribution in [0.25, 0.3) is 0 Å². The SMILES string of the molecule is COc1cc(OC)cc(C2=NCCc3cc(O)c(OC)cc32)c1. The lowest BCUT2D eigenvalue weighted by atomic mass is 9.92. The molecule has 3 rings (SSSR count). The Hall–Kier alpha value is -2.69. The van der Waals surface area contributed by atoms with Crippen LogP contribution in [0.5, 0.6) is 23.0 Å². The monoisotopic (exact) mass is 313 g/mol. The Balaban J connectivity index is 2.14. The third kappa shape index (κ3) is 2.82. The maximum absolute atomic E-state index is 9.98. The molecule has 0 radical (unpaired) electrons. The second-order valence-electron chi connectivity index (χ2n) is 5.26. The van der Waals surface area contributed by atoms with Gasteiger partial charge < -0.3 is 19.3 Å². The van der Waals surface area contributed by atoms with Crippen LogP contribution in [0.4, 0.5) is 0 Å². The van der Waals surface area contributed by atoms with E-state index in [4.69, 9.17) is 14.2 Å². The molecule has 0 spiro atoms. The number of nitrogens with zero attached hydrogens (tertiary/aromatic N) is 1. The van der Waals surface area contributed by atoms with E-state index in [0.717, 1.165) is 28.8 Å². The van der Waals surface area contributed by atoms with Gasteiger partial charge in [0.25, 0.3) is 0 Å². The van der Waals surface area contributed by atoms with Crippen LogP contribution in [-0.2, 0) is 6.42 Å². The Labute approximate surface area is 135 Å². The van der Waals surface area contributed by atoms with E-state index in [1.165, 1.54) is 7.11 Å². The molecule has 0 unspecified atom stereocenters. The zero-order valence-electron chi connectivity index (χ0n) is 13.4. The third-order valence-corrected chi connectivity index (χ3v) is 3.94. The normalized spacial score (nSPS) is 13.1. The molecule has 0 aliphatic carbocycles. The van der Waals surface area contributed by atoms with Crippen molar-refractivity contribution in [3.05, 3.63) is 47.0 Å². The van der Waals surface area contributed by atoms with Gasteiger partial charge in [0.2, 0.25) is 0 Å². The molecule has 2 aromatic carbocycles. The largest absolute Gasteiger partial charge is 0.504 e. The van der Waals surface area contributed by atoms with Crippen LogP contribution in [0, 0.1) is 0 Å². The summed E-state index contributed by atoms with van der Waals surface area (Å²) in [5.74, 6) is 2.00. The highest BCUT2D eigenvalue weighted by atomic mass is 16.5. The minimum Gasteiger partial charge on any atom is -0.504 e. The van der Waals surface area contributed by atoms with E-state index in [0.29, 0.717) is 23.8 Å². The predicted molar refractivity (Wildman–Crippen MR) is 88.4 cm³/mol. The number of fused-ring (bicyclic) bond motifs is 1. The van der Waals surface area contributed by atoms with Crippen LogP contribution in [0.3, 0.4) is 0 Å². The van der Waals surface area contributed by atoms with Crippen molar-refractivity contribution in [2.24, 2.45) is 4.99 Å². The van der Waals surface area contributed by atoms with Gasteiger partial charge >= 0.3 is 0 Å². The van der Waals surface area contributed by atoms with Crippen LogP contribution in [-0.4, -0.2) is 38.7 Å². The second-order valence-corrected chi connectivity index (χ2v) is 5.26. The minimum atomic E-state index is 0.149. The molecule has 0 saturated carbocycles. The lowest BCUT2D eigenvalue weighted by Gasteiger charge is -2.19. The fourth-order valence-corrected chi connectivity index (χ4v) is 2.77. The number of ether oxygens (including phenoxy) is 3. The summed E-state index contributed by atoms with van der Waals surface area (Å²) in [4.78, 5) is 4.67. The smallest absolute Gasteiger partial charge is 0.161 e. The zero-order valence-corrected chi connectivity index (χ0v) is 13.4. The lowest BCUT2D eigenvalue weighted by molar-refractivity contribution is 0.373. The molecule has 0 saturated heterocycles. The summed E-state index contributed by atoms with van der Waals surface area (Å²) in [5, 5.41) is 9.98. The van der Waals surface area contributed by atoms with Crippen LogP contribution in [0.1, 0.15) is 16.7 Å². The Morgan fingerprint density at radius 2 is 1.61 bits per heavy atom. The number of phenolic OH excluding ortho intramolecular Hbond substituents is 1. The molecule has 1 heterocycles. The summed E-state index contributed by atoms with van der Waals surface area (Å²) in [6.07, 6.45) is 0.789. The molecule has 1 aliphatic heterocycles. The van der Waals surface area contributed by atoms with Gasteiger partial charge in [0, 0.05) is 23.7 Å². The number of aliphatic imine (C=N–C) groups is 1. The van der Waals surface area contributed by atoms with Crippen molar-refractivity contribution in [1.29, 1.82) is 0 Å². The number of methoxy groups -OCH3 is 3. The standard InChI is InChI=1S/C18H19NO4/c1-21-13-6-12(7-14(9-13)22-2)18-15-10-17(23-3)16(20)8-11(15)4-5-19-18/h6-10,20H,4-5H2,1-3H3. The summed E-state index contributed by atoms with van der Waals surface area (Å²) in [5.41, 5.74) is 3.77. The Kier molecular flexibility index (Phi) is 4.10. The number of rotatable bonds is 4. The summed E-state index contributed by atoms with van der Waals surface area (Å²) in [7, 11) is 4.78. The highest BCUT2D eigenvalue weighted by Gasteiger charge is 2.20. The van der Waals surface area contributed by atoms with Crippen molar-refractivity contribution < 1.29 is 19.3 Å². The Bertz CT molecular complexity index is 746. The van der Waals surface area contributed by atoms with Gasteiger partial charge in [-0.05, 0) is 36.2 Å². The summed E-state index contributed by atoms with van der Waals surface area (Å²) in [6.45, 7) is 0.674. The van der Waals surface area contributed by atoms with Crippen LogP contribution in [0.15, 0.2) is 35.3 Å². The number of benzene rings is 2. The van der Waals surface area contributed by atoms with Crippen molar-refractivity contribution in [2.75, 3.05) is 27.9 Å². The molecule has 1 N–H and O–H groups in total. The van der Waals surface area contributed by atoms with Crippen molar-refractivity contribution in [2.45, 2.75) is 6.42 Å². The second kappa shape index (κ2) is 6.20. The summed E-state index contributed by atoms with van der Waals surface area (Å²) in [6, 6.07) is 9.26. The number of aromatic hydroxyl groups is 1. The highest BCUT2D eigenvalue weighted by Crippen LogP contribution is 2.34. The molecule has 23 heavy (non-hydrogen) atoms. The lowest BCUT2D eigenvalue weighted by Crippen LogP contribution is -2.14. The number of phenols is 1. The van der Waals surface area contributed by atoms with Gasteiger partial charge in [0.15, 0.2) is 11.5 Å². The predicted octanol–water partition coefficient (Wildman–Crippen LogP) is 2.81. The summed E-state index contributed by atoms with van der Waals surface area (Å²) < 4.78 is 15.9. The van der Waals surface area contributed by atoms with E-state index < -0.39 is 0 Å². The van der Waals surface area contributed by atoms with Crippen molar-refractivity contribution >= 4 is 5.71 Å². The zero-order chi connectivity index (χ0) is 16.4. The van der Waals surface area contributed by atoms with Gasteiger partial charge in [-0.3, -0.25) is 4.99 Å². The molecular formula is C18H19NO4. The van der Waals surface area contributed by atoms with Gasteiger partial charge in [0.05, 0.1) is 27.0 Å². The first-order valence-corrected chi connectivity index (χ1v) is 7.34. The van der Waals surface area contributed by atoms with E-state index in [-0.39, 0.29) is 5.75 Å². The van der Waals surface area contributed by atoms with Crippen molar-refractivity contribution in [1.82, 2.24) is 0 Å². The van der Waals surface area contributed by atoms with E-state index in [1.807, 2.05) is 24.3 Å². The molecule has 1 aliphatic rings. The number of hydrogen-bond donors (Lipinski definition) is 1. The van der Waals surface area contributed by atoms with Gasteiger partial charge in [-0.1, -0.05) is 0 Å². The molecule has 0 amide bonds. The average molecular weight is 313 g/mol. The maximum Gasteiger partial charge on any atom is 0.161 e. The van der Waals surface area contributed by atoms with E-state index in [1.54, 1.807) is 20.3 Å². The number of hydrogen-bond acceptors (Lipinski definition) is 5. The maximum atomic E-state index is 9.98. The van der Waals surface area contributed by atoms with Gasteiger partial charge in [-0.2, -0.15) is 0 Å². The fraction of sp³-hybridized carbons (Fsp3) is 0.278.